The second kappa shape index (κ2) is 6.23. The number of anilines is 2. The number of hydrogen-bond donors (Lipinski definition) is 3. The number of carbonyl (C=O) groups excluding carboxylic acids is 1. The van der Waals surface area contributed by atoms with E-state index in [1.807, 2.05) is 0 Å². The smallest absolute Gasteiger partial charge is 0.340 e. The van der Waals surface area contributed by atoms with Gasteiger partial charge in [0.05, 0.1) is 18.5 Å². The standard InChI is InChI=1S/C13H13N3O4S/c1-7-10(12(17)18)11(21-16-7)15-13(19)14-8-5-3-4-6-9(8)20-2/h3-6H,1-2H3,(H,17,18)(H2,14,15,19). The molecule has 2 amide bonds. The quantitative estimate of drug-likeness (QED) is 0.806. The molecule has 2 aromatic rings. The maximum atomic E-state index is 11.9. The zero-order valence-electron chi connectivity index (χ0n) is 11.3. The Morgan fingerprint density at radius 2 is 2.00 bits per heavy atom. The lowest BCUT2D eigenvalue weighted by atomic mass is 10.2. The van der Waals surface area contributed by atoms with Crippen LogP contribution < -0.4 is 15.4 Å². The van der Waals surface area contributed by atoms with Gasteiger partial charge in [0.15, 0.2) is 0 Å². The second-order valence-electron chi connectivity index (χ2n) is 4.06. The van der Waals surface area contributed by atoms with E-state index >= 15 is 0 Å². The van der Waals surface area contributed by atoms with Crippen LogP contribution >= 0.6 is 11.5 Å². The molecule has 2 rings (SSSR count). The van der Waals surface area contributed by atoms with Crippen LogP contribution in [0.4, 0.5) is 15.5 Å². The molecule has 1 aromatic heterocycles. The number of carboxylic acids is 1. The van der Waals surface area contributed by atoms with Crippen molar-refractivity contribution < 1.29 is 19.4 Å². The van der Waals surface area contributed by atoms with Gasteiger partial charge in [-0.3, -0.25) is 5.32 Å². The third kappa shape index (κ3) is 3.29. The largest absolute Gasteiger partial charge is 0.495 e. The van der Waals surface area contributed by atoms with Crippen LogP contribution in [-0.2, 0) is 0 Å². The van der Waals surface area contributed by atoms with Crippen molar-refractivity contribution in [2.24, 2.45) is 0 Å². The Morgan fingerprint density at radius 3 is 2.67 bits per heavy atom. The molecule has 21 heavy (non-hydrogen) atoms. The highest BCUT2D eigenvalue weighted by Gasteiger charge is 2.19. The Morgan fingerprint density at radius 1 is 1.29 bits per heavy atom. The number of para-hydroxylation sites is 2. The summed E-state index contributed by atoms with van der Waals surface area (Å²) < 4.78 is 9.04. The molecule has 0 saturated heterocycles. The lowest BCUT2D eigenvalue weighted by Gasteiger charge is -2.10. The Balaban J connectivity index is 2.14. The summed E-state index contributed by atoms with van der Waals surface area (Å²) in [4.78, 5) is 23.1. The van der Waals surface area contributed by atoms with Crippen LogP contribution in [0.15, 0.2) is 24.3 Å². The molecule has 0 aliphatic heterocycles. The van der Waals surface area contributed by atoms with E-state index in [0.717, 1.165) is 11.5 Å². The number of aromatic carboxylic acids is 1. The molecule has 3 N–H and O–H groups in total. The summed E-state index contributed by atoms with van der Waals surface area (Å²) in [7, 11) is 1.49. The van der Waals surface area contributed by atoms with Gasteiger partial charge in [0, 0.05) is 0 Å². The Kier molecular flexibility index (Phi) is 4.39. The predicted molar refractivity (Wildman–Crippen MR) is 79.4 cm³/mol. The van der Waals surface area contributed by atoms with Crippen LogP contribution in [0.1, 0.15) is 16.1 Å². The van der Waals surface area contributed by atoms with E-state index in [9.17, 15) is 9.59 Å². The fourth-order valence-electron chi connectivity index (χ4n) is 1.71. The first-order valence-corrected chi connectivity index (χ1v) is 6.71. The zero-order chi connectivity index (χ0) is 15.4. The van der Waals surface area contributed by atoms with E-state index in [1.54, 1.807) is 31.2 Å². The first-order chi connectivity index (χ1) is 10.0. The molecule has 8 heteroatoms. The zero-order valence-corrected chi connectivity index (χ0v) is 12.2. The van der Waals surface area contributed by atoms with Crippen LogP contribution in [-0.4, -0.2) is 28.6 Å². The maximum absolute atomic E-state index is 11.9. The number of nitrogens with zero attached hydrogens (tertiary/aromatic N) is 1. The Bertz CT molecular complexity index is 684. The minimum atomic E-state index is -1.13. The van der Waals surface area contributed by atoms with Gasteiger partial charge in [-0.15, -0.1) is 0 Å². The van der Waals surface area contributed by atoms with Gasteiger partial charge in [0.2, 0.25) is 0 Å². The van der Waals surface area contributed by atoms with Crippen LogP contribution in [0, 0.1) is 6.92 Å². The lowest BCUT2D eigenvalue weighted by molar-refractivity contribution is 0.0697. The molecule has 0 spiro atoms. The molecule has 0 saturated carbocycles. The van der Waals surface area contributed by atoms with Crippen molar-refractivity contribution in [3.63, 3.8) is 0 Å². The number of methoxy groups -OCH3 is 1. The number of nitrogens with one attached hydrogen (secondary N) is 2. The molecule has 0 aliphatic rings. The van der Waals surface area contributed by atoms with Crippen LogP contribution in [0.3, 0.4) is 0 Å². The van der Waals surface area contributed by atoms with E-state index in [2.05, 4.69) is 15.0 Å². The van der Waals surface area contributed by atoms with Crippen molar-refractivity contribution in [3.05, 3.63) is 35.5 Å². The van der Waals surface area contributed by atoms with Gasteiger partial charge in [-0.25, -0.2) is 9.59 Å². The lowest BCUT2D eigenvalue weighted by Crippen LogP contribution is -2.20. The average molecular weight is 307 g/mol. The van der Waals surface area contributed by atoms with Crippen molar-refractivity contribution in [2.45, 2.75) is 6.92 Å². The molecule has 0 unspecified atom stereocenters. The first kappa shape index (κ1) is 14.8. The minimum absolute atomic E-state index is 0.00447. The third-order valence-electron chi connectivity index (χ3n) is 2.66. The Hall–Kier alpha value is -2.61. The van der Waals surface area contributed by atoms with Crippen molar-refractivity contribution in [2.75, 3.05) is 17.7 Å². The summed E-state index contributed by atoms with van der Waals surface area (Å²) >= 11 is 0.919. The monoisotopic (exact) mass is 307 g/mol. The van der Waals surface area contributed by atoms with Crippen LogP contribution in [0.2, 0.25) is 0 Å². The van der Waals surface area contributed by atoms with E-state index < -0.39 is 12.0 Å². The van der Waals surface area contributed by atoms with Gasteiger partial charge in [0.1, 0.15) is 16.3 Å². The number of carboxylic acid groups (broad SMARTS) is 1. The number of aromatic nitrogens is 1. The average Bonchev–Trinajstić information content (AvgIpc) is 2.80. The number of rotatable bonds is 4. The van der Waals surface area contributed by atoms with Crippen LogP contribution in [0.5, 0.6) is 5.75 Å². The van der Waals surface area contributed by atoms with Gasteiger partial charge in [0.25, 0.3) is 0 Å². The highest BCUT2D eigenvalue weighted by molar-refractivity contribution is 7.11. The van der Waals surface area contributed by atoms with Crippen molar-refractivity contribution >= 4 is 34.2 Å². The maximum Gasteiger partial charge on any atom is 0.340 e. The molecule has 1 heterocycles. The van der Waals surface area contributed by atoms with Crippen LogP contribution in [0.25, 0.3) is 0 Å². The molecular formula is C13H13N3O4S. The topological polar surface area (TPSA) is 101 Å². The summed E-state index contributed by atoms with van der Waals surface area (Å²) in [6, 6.07) is 6.34. The molecule has 0 aliphatic carbocycles. The van der Waals surface area contributed by atoms with Gasteiger partial charge >= 0.3 is 12.0 Å². The Labute approximate surface area is 124 Å². The van der Waals surface area contributed by atoms with E-state index in [4.69, 9.17) is 9.84 Å². The molecule has 0 atom stereocenters. The van der Waals surface area contributed by atoms with Gasteiger partial charge in [-0.05, 0) is 30.6 Å². The summed E-state index contributed by atoms with van der Waals surface area (Å²) in [6.07, 6.45) is 0. The van der Waals surface area contributed by atoms with E-state index in [1.165, 1.54) is 7.11 Å². The summed E-state index contributed by atoms with van der Waals surface area (Å²) in [5, 5.41) is 14.4. The minimum Gasteiger partial charge on any atom is -0.495 e. The predicted octanol–water partition coefficient (Wildman–Crippen LogP) is 2.80. The number of hydrogen-bond acceptors (Lipinski definition) is 5. The number of benzene rings is 1. The SMILES string of the molecule is COc1ccccc1NC(=O)Nc1snc(C)c1C(=O)O. The number of ether oxygens (including phenoxy) is 1. The molecule has 1 aromatic carbocycles. The van der Waals surface area contributed by atoms with Gasteiger partial charge in [-0.2, -0.15) is 4.37 Å². The summed E-state index contributed by atoms with van der Waals surface area (Å²) in [5.74, 6) is -0.625. The van der Waals surface area contributed by atoms with Crippen molar-refractivity contribution in [3.8, 4) is 5.75 Å². The molecule has 0 bridgehead atoms. The molecule has 0 radical (unpaired) electrons. The number of urea groups is 1. The molecule has 0 fully saturated rings. The van der Waals surface area contributed by atoms with E-state index in [0.29, 0.717) is 17.1 Å². The summed E-state index contributed by atoms with van der Waals surface area (Å²) in [5.41, 5.74) is 0.839. The third-order valence-corrected chi connectivity index (χ3v) is 3.51. The van der Waals surface area contributed by atoms with E-state index in [-0.39, 0.29) is 10.6 Å². The number of amides is 2. The fraction of sp³-hybridized carbons (Fsp3) is 0.154. The number of carbonyl (C=O) groups is 2. The van der Waals surface area contributed by atoms with Gasteiger partial charge in [-0.1, -0.05) is 12.1 Å². The fourth-order valence-corrected chi connectivity index (χ4v) is 2.50. The highest BCUT2D eigenvalue weighted by atomic mass is 32.1. The second-order valence-corrected chi connectivity index (χ2v) is 4.83. The highest BCUT2D eigenvalue weighted by Crippen LogP contribution is 2.26. The molecule has 110 valence electrons. The van der Waals surface area contributed by atoms with Crippen molar-refractivity contribution in [1.82, 2.24) is 4.37 Å². The van der Waals surface area contributed by atoms with Crippen molar-refractivity contribution in [1.29, 1.82) is 0 Å². The molecular weight excluding hydrogens is 294 g/mol. The number of aryl methyl sites for hydroxylation is 1. The molecule has 7 nitrogen and oxygen atoms in total. The normalized spacial score (nSPS) is 10.0. The van der Waals surface area contributed by atoms with Gasteiger partial charge < -0.3 is 15.2 Å². The summed E-state index contributed by atoms with van der Waals surface area (Å²) in [6.45, 7) is 1.57. The first-order valence-electron chi connectivity index (χ1n) is 5.93.